The lowest BCUT2D eigenvalue weighted by Crippen LogP contribution is -2.39. The number of carboxylic acid groups (broad SMARTS) is 1. The number of carbonyl (C=O) groups excluding carboxylic acids is 1. The fraction of sp³-hybridized carbons (Fsp3) is 0.800. The van der Waals surface area contributed by atoms with Gasteiger partial charge in [0.15, 0.2) is 0 Å². The standard InChI is InChI=1S/C10H16N2O3/c13-9(10(14)15)12-6-3-8(7-12)11-4-1-2-5-11/h8H,1-7H2,(H,14,15). The van der Waals surface area contributed by atoms with Crippen molar-refractivity contribution in [2.75, 3.05) is 26.2 Å². The van der Waals surface area contributed by atoms with Gasteiger partial charge in [0.25, 0.3) is 0 Å². The maximum Gasteiger partial charge on any atom is 0.394 e. The molecule has 1 unspecified atom stereocenters. The molecule has 2 fully saturated rings. The Bertz CT molecular complexity index is 274. The van der Waals surface area contributed by atoms with Gasteiger partial charge in [0, 0.05) is 19.1 Å². The summed E-state index contributed by atoms with van der Waals surface area (Å²) in [4.78, 5) is 25.5. The zero-order valence-corrected chi connectivity index (χ0v) is 8.69. The van der Waals surface area contributed by atoms with E-state index in [4.69, 9.17) is 5.11 Å². The number of carboxylic acids is 1. The first-order valence-electron chi connectivity index (χ1n) is 5.45. The highest BCUT2D eigenvalue weighted by atomic mass is 16.4. The number of carbonyl (C=O) groups is 2. The first-order valence-corrected chi connectivity index (χ1v) is 5.45. The molecule has 15 heavy (non-hydrogen) atoms. The molecular formula is C10H16N2O3. The molecule has 5 heteroatoms. The van der Waals surface area contributed by atoms with Gasteiger partial charge >= 0.3 is 11.9 Å². The van der Waals surface area contributed by atoms with Crippen LogP contribution in [0, 0.1) is 0 Å². The SMILES string of the molecule is O=C(O)C(=O)N1CCC(N2CCCC2)C1. The minimum atomic E-state index is -1.34. The maximum absolute atomic E-state index is 11.2. The van der Waals surface area contributed by atoms with Gasteiger partial charge in [-0.15, -0.1) is 0 Å². The Morgan fingerprint density at radius 1 is 1.13 bits per heavy atom. The van der Waals surface area contributed by atoms with E-state index in [1.54, 1.807) is 0 Å². The third-order valence-corrected chi connectivity index (χ3v) is 3.29. The molecule has 1 atom stereocenters. The van der Waals surface area contributed by atoms with Crippen LogP contribution < -0.4 is 0 Å². The lowest BCUT2D eigenvalue weighted by molar-refractivity contribution is -0.155. The normalized spacial score (nSPS) is 27.2. The van der Waals surface area contributed by atoms with E-state index in [1.807, 2.05) is 0 Å². The average molecular weight is 212 g/mol. The van der Waals surface area contributed by atoms with E-state index in [-0.39, 0.29) is 0 Å². The third-order valence-electron chi connectivity index (χ3n) is 3.29. The van der Waals surface area contributed by atoms with Crippen molar-refractivity contribution in [1.82, 2.24) is 9.80 Å². The Hall–Kier alpha value is -1.10. The lowest BCUT2D eigenvalue weighted by Gasteiger charge is -2.23. The minimum Gasteiger partial charge on any atom is -0.474 e. The highest BCUT2D eigenvalue weighted by Gasteiger charge is 2.33. The van der Waals surface area contributed by atoms with Crippen LogP contribution in [0.15, 0.2) is 0 Å². The monoisotopic (exact) mass is 212 g/mol. The van der Waals surface area contributed by atoms with Gasteiger partial charge in [-0.3, -0.25) is 9.69 Å². The third kappa shape index (κ3) is 2.12. The highest BCUT2D eigenvalue weighted by Crippen LogP contribution is 2.20. The Morgan fingerprint density at radius 3 is 2.40 bits per heavy atom. The molecule has 1 amide bonds. The van der Waals surface area contributed by atoms with E-state index in [0.29, 0.717) is 19.1 Å². The number of hydrogen-bond donors (Lipinski definition) is 1. The molecule has 5 nitrogen and oxygen atoms in total. The van der Waals surface area contributed by atoms with Gasteiger partial charge in [0.05, 0.1) is 0 Å². The van der Waals surface area contributed by atoms with Crippen molar-refractivity contribution in [3.8, 4) is 0 Å². The van der Waals surface area contributed by atoms with Gasteiger partial charge in [-0.05, 0) is 32.4 Å². The molecule has 0 bridgehead atoms. The van der Waals surface area contributed by atoms with Crippen molar-refractivity contribution in [3.05, 3.63) is 0 Å². The molecule has 0 radical (unpaired) electrons. The molecule has 0 aliphatic carbocycles. The van der Waals surface area contributed by atoms with E-state index < -0.39 is 11.9 Å². The molecule has 2 aliphatic heterocycles. The number of aliphatic carboxylic acids is 1. The largest absolute Gasteiger partial charge is 0.474 e. The predicted molar refractivity (Wildman–Crippen MR) is 53.4 cm³/mol. The number of nitrogens with zero attached hydrogens (tertiary/aromatic N) is 2. The zero-order valence-electron chi connectivity index (χ0n) is 8.69. The summed E-state index contributed by atoms with van der Waals surface area (Å²) in [6, 6.07) is 0.385. The molecule has 0 aromatic rings. The second-order valence-corrected chi connectivity index (χ2v) is 4.24. The van der Waals surface area contributed by atoms with Crippen molar-refractivity contribution < 1.29 is 14.7 Å². The molecule has 0 aromatic carbocycles. The molecule has 0 aromatic heterocycles. The van der Waals surface area contributed by atoms with Crippen molar-refractivity contribution in [3.63, 3.8) is 0 Å². The topological polar surface area (TPSA) is 60.9 Å². The Balaban J connectivity index is 1.88. The van der Waals surface area contributed by atoms with Crippen molar-refractivity contribution in [2.24, 2.45) is 0 Å². The lowest BCUT2D eigenvalue weighted by atomic mass is 10.2. The summed E-state index contributed by atoms with van der Waals surface area (Å²) in [5.41, 5.74) is 0. The van der Waals surface area contributed by atoms with Gasteiger partial charge in [-0.1, -0.05) is 0 Å². The van der Waals surface area contributed by atoms with Crippen LogP contribution in [-0.4, -0.2) is 59.0 Å². The van der Waals surface area contributed by atoms with Crippen LogP contribution in [0.4, 0.5) is 0 Å². The summed E-state index contributed by atoms with van der Waals surface area (Å²) >= 11 is 0. The van der Waals surface area contributed by atoms with E-state index in [9.17, 15) is 9.59 Å². The molecule has 0 saturated carbocycles. The van der Waals surface area contributed by atoms with Crippen LogP contribution in [0.25, 0.3) is 0 Å². The fourth-order valence-electron chi connectivity index (χ4n) is 2.47. The van der Waals surface area contributed by atoms with Crippen molar-refractivity contribution in [1.29, 1.82) is 0 Å². The van der Waals surface area contributed by atoms with E-state index in [2.05, 4.69) is 4.90 Å². The smallest absolute Gasteiger partial charge is 0.394 e. The van der Waals surface area contributed by atoms with Crippen molar-refractivity contribution >= 4 is 11.9 Å². The van der Waals surface area contributed by atoms with Crippen molar-refractivity contribution in [2.45, 2.75) is 25.3 Å². The van der Waals surface area contributed by atoms with Gasteiger partial charge in [-0.25, -0.2) is 4.79 Å². The zero-order chi connectivity index (χ0) is 10.8. The van der Waals surface area contributed by atoms with Crippen LogP contribution in [-0.2, 0) is 9.59 Å². The number of hydrogen-bond acceptors (Lipinski definition) is 3. The minimum absolute atomic E-state index is 0.385. The molecule has 84 valence electrons. The summed E-state index contributed by atoms with van der Waals surface area (Å²) in [6.07, 6.45) is 3.37. The molecule has 2 saturated heterocycles. The van der Waals surface area contributed by atoms with Gasteiger partial charge in [0.2, 0.25) is 0 Å². The Kier molecular flexibility index (Phi) is 2.90. The molecule has 0 spiro atoms. The second-order valence-electron chi connectivity index (χ2n) is 4.24. The number of rotatable bonds is 1. The van der Waals surface area contributed by atoms with E-state index >= 15 is 0 Å². The van der Waals surface area contributed by atoms with Crippen LogP contribution >= 0.6 is 0 Å². The molecule has 2 aliphatic rings. The average Bonchev–Trinajstić information content (AvgIpc) is 2.86. The van der Waals surface area contributed by atoms with E-state index in [0.717, 1.165) is 19.5 Å². The summed E-state index contributed by atoms with van der Waals surface area (Å²) < 4.78 is 0. The molecular weight excluding hydrogens is 196 g/mol. The second kappa shape index (κ2) is 4.18. The number of likely N-dealkylation sites (tertiary alicyclic amines) is 2. The summed E-state index contributed by atoms with van der Waals surface area (Å²) in [6.45, 7) is 3.37. The molecule has 2 heterocycles. The summed E-state index contributed by atoms with van der Waals surface area (Å²) in [7, 11) is 0. The van der Waals surface area contributed by atoms with E-state index in [1.165, 1.54) is 17.7 Å². The fourth-order valence-corrected chi connectivity index (χ4v) is 2.47. The van der Waals surface area contributed by atoms with Gasteiger partial charge in [-0.2, -0.15) is 0 Å². The van der Waals surface area contributed by atoms with Crippen LogP contribution in [0.1, 0.15) is 19.3 Å². The number of amides is 1. The Labute approximate surface area is 88.6 Å². The summed E-state index contributed by atoms with van der Waals surface area (Å²) in [5, 5.41) is 8.59. The van der Waals surface area contributed by atoms with Crippen LogP contribution in [0.2, 0.25) is 0 Å². The van der Waals surface area contributed by atoms with Crippen LogP contribution in [0.3, 0.4) is 0 Å². The van der Waals surface area contributed by atoms with Crippen LogP contribution in [0.5, 0.6) is 0 Å². The quantitative estimate of drug-likeness (QED) is 0.610. The molecule has 1 N–H and O–H groups in total. The maximum atomic E-state index is 11.2. The predicted octanol–water partition coefficient (Wildman–Crippen LogP) is -0.232. The summed E-state index contributed by atoms with van der Waals surface area (Å²) in [5.74, 6) is -2.09. The Morgan fingerprint density at radius 2 is 1.80 bits per heavy atom. The van der Waals surface area contributed by atoms with Gasteiger partial charge in [0.1, 0.15) is 0 Å². The first kappa shape index (κ1) is 10.4. The molecule has 2 rings (SSSR count). The highest BCUT2D eigenvalue weighted by molar-refractivity contribution is 6.31. The van der Waals surface area contributed by atoms with Gasteiger partial charge < -0.3 is 10.0 Å². The first-order chi connectivity index (χ1) is 7.18.